The number of aromatic nitrogens is 1. The van der Waals surface area contributed by atoms with E-state index in [0.29, 0.717) is 45.8 Å². The normalized spacial score (nSPS) is 13.7. The number of aryl methyl sites for hydroxylation is 1. The number of carboxylic acids is 1. The zero-order chi connectivity index (χ0) is 24.9. The number of benzene rings is 2. The minimum Gasteiger partial charge on any atom is -0.481 e. The van der Waals surface area contributed by atoms with Gasteiger partial charge in [-0.3, -0.25) is 14.6 Å². The van der Waals surface area contributed by atoms with E-state index < -0.39 is 5.97 Å². The Morgan fingerprint density at radius 2 is 1.91 bits per heavy atom. The van der Waals surface area contributed by atoms with Gasteiger partial charge in [0.25, 0.3) is 5.91 Å². The fourth-order valence-corrected chi connectivity index (χ4v) is 3.93. The molecule has 0 aliphatic carbocycles. The Labute approximate surface area is 203 Å². The Kier molecular flexibility index (Phi) is 6.90. The maximum atomic E-state index is 13.1. The van der Waals surface area contributed by atoms with E-state index in [-0.39, 0.29) is 12.3 Å². The molecule has 0 fully saturated rings. The van der Waals surface area contributed by atoms with E-state index in [0.717, 1.165) is 17.8 Å². The first kappa shape index (κ1) is 23.7. The Morgan fingerprint density at radius 3 is 2.54 bits per heavy atom. The average Bonchev–Trinajstić information content (AvgIpc) is 3.17. The minimum absolute atomic E-state index is 0.00511. The highest BCUT2D eigenvalue weighted by Crippen LogP contribution is 2.38. The van der Waals surface area contributed by atoms with E-state index in [2.05, 4.69) is 26.6 Å². The number of rotatable bonds is 8. The van der Waals surface area contributed by atoms with Gasteiger partial charge in [0.15, 0.2) is 0 Å². The molecular weight excluding hydrogens is 442 g/mol. The molecule has 0 saturated carbocycles. The van der Waals surface area contributed by atoms with Crippen LogP contribution in [-0.4, -0.2) is 41.0 Å². The van der Waals surface area contributed by atoms with Crippen LogP contribution in [0.25, 0.3) is 11.3 Å². The Morgan fingerprint density at radius 1 is 1.14 bits per heavy atom. The lowest BCUT2D eigenvalue weighted by Crippen LogP contribution is -2.11. The maximum absolute atomic E-state index is 13.1. The fourth-order valence-electron chi connectivity index (χ4n) is 3.93. The van der Waals surface area contributed by atoms with Gasteiger partial charge in [0.05, 0.1) is 35.0 Å². The van der Waals surface area contributed by atoms with Gasteiger partial charge in [0.2, 0.25) is 0 Å². The van der Waals surface area contributed by atoms with Gasteiger partial charge in [-0.15, -0.1) is 0 Å². The van der Waals surface area contributed by atoms with Crippen molar-refractivity contribution in [2.75, 3.05) is 24.7 Å². The molecule has 1 aliphatic rings. The average molecular weight is 468 g/mol. The topological polar surface area (TPSA) is 118 Å². The molecule has 0 bridgehead atoms. The van der Waals surface area contributed by atoms with Gasteiger partial charge in [-0.25, -0.2) is 0 Å². The van der Waals surface area contributed by atoms with Crippen LogP contribution < -0.4 is 10.6 Å². The molecule has 0 atom stereocenters. The van der Waals surface area contributed by atoms with Crippen LogP contribution in [0, 0.1) is 11.3 Å². The van der Waals surface area contributed by atoms with E-state index >= 15 is 0 Å². The summed E-state index contributed by atoms with van der Waals surface area (Å²) in [5.74, 6) is -1.16. The zero-order valence-corrected chi connectivity index (χ0v) is 19.5. The molecule has 0 unspecified atom stereocenters. The predicted molar refractivity (Wildman–Crippen MR) is 134 cm³/mol. The number of carboxylic acid groups (broad SMARTS) is 1. The van der Waals surface area contributed by atoms with Gasteiger partial charge >= 0.3 is 5.97 Å². The van der Waals surface area contributed by atoms with Gasteiger partial charge in [0, 0.05) is 41.7 Å². The number of aliphatic carboxylic acids is 1. The van der Waals surface area contributed by atoms with E-state index in [1.165, 1.54) is 0 Å². The van der Waals surface area contributed by atoms with Gasteiger partial charge in [0.1, 0.15) is 0 Å². The number of pyridine rings is 1. The molecule has 0 radical (unpaired) electrons. The summed E-state index contributed by atoms with van der Waals surface area (Å²) in [5.41, 5.74) is 6.05. The SMILES string of the molecule is CN(C)Cc1ccc(NC(=C2C(=O)Nc3cc(C#N)ccc32)c2ccc(CCC(=O)O)nc2)cc1. The zero-order valence-electron chi connectivity index (χ0n) is 19.5. The molecule has 35 heavy (non-hydrogen) atoms. The largest absolute Gasteiger partial charge is 0.481 e. The summed E-state index contributed by atoms with van der Waals surface area (Å²) in [6, 6.07) is 18.8. The highest BCUT2D eigenvalue weighted by molar-refractivity contribution is 6.37. The molecule has 1 aliphatic heterocycles. The third-order valence-electron chi connectivity index (χ3n) is 5.57. The number of carbonyl (C=O) groups excluding carboxylic acids is 1. The van der Waals surface area contributed by atoms with Crippen LogP contribution in [0.2, 0.25) is 0 Å². The molecule has 8 nitrogen and oxygen atoms in total. The summed E-state index contributed by atoms with van der Waals surface area (Å²) >= 11 is 0. The number of anilines is 2. The number of nitrogens with zero attached hydrogens (tertiary/aromatic N) is 3. The number of hydrogen-bond acceptors (Lipinski definition) is 6. The van der Waals surface area contributed by atoms with E-state index in [9.17, 15) is 14.9 Å². The van der Waals surface area contributed by atoms with Crippen molar-refractivity contribution < 1.29 is 14.7 Å². The number of carbonyl (C=O) groups is 2. The molecular formula is C27H25N5O3. The Balaban J connectivity index is 1.75. The molecule has 1 aromatic heterocycles. The van der Waals surface area contributed by atoms with Gasteiger partial charge in [-0.2, -0.15) is 5.26 Å². The van der Waals surface area contributed by atoms with Crippen molar-refractivity contribution in [1.29, 1.82) is 5.26 Å². The molecule has 2 aromatic carbocycles. The molecule has 1 amide bonds. The quantitative estimate of drug-likeness (QED) is 0.429. The second-order valence-electron chi connectivity index (χ2n) is 8.57. The molecule has 176 valence electrons. The van der Waals surface area contributed by atoms with Crippen molar-refractivity contribution in [3.8, 4) is 6.07 Å². The van der Waals surface area contributed by atoms with Crippen LogP contribution in [0.1, 0.15) is 34.4 Å². The summed E-state index contributed by atoms with van der Waals surface area (Å²) < 4.78 is 0. The lowest BCUT2D eigenvalue weighted by atomic mass is 9.99. The Hall–Kier alpha value is -4.48. The van der Waals surface area contributed by atoms with Crippen molar-refractivity contribution in [1.82, 2.24) is 9.88 Å². The number of amides is 1. The summed E-state index contributed by atoms with van der Waals surface area (Å²) in [6.07, 6.45) is 1.96. The van der Waals surface area contributed by atoms with Crippen LogP contribution in [0.15, 0.2) is 60.8 Å². The van der Waals surface area contributed by atoms with Crippen molar-refractivity contribution >= 4 is 34.5 Å². The van der Waals surface area contributed by atoms with Crippen LogP contribution in [0.5, 0.6) is 0 Å². The van der Waals surface area contributed by atoms with E-state index in [1.54, 1.807) is 30.5 Å². The number of hydrogen-bond donors (Lipinski definition) is 3. The van der Waals surface area contributed by atoms with Crippen molar-refractivity contribution in [2.24, 2.45) is 0 Å². The monoisotopic (exact) mass is 467 g/mol. The van der Waals surface area contributed by atoms with E-state index in [1.807, 2.05) is 44.4 Å². The van der Waals surface area contributed by atoms with Crippen molar-refractivity contribution in [3.05, 3.63) is 88.7 Å². The predicted octanol–water partition coefficient (Wildman–Crippen LogP) is 3.96. The highest BCUT2D eigenvalue weighted by Gasteiger charge is 2.29. The first-order valence-electron chi connectivity index (χ1n) is 11.1. The summed E-state index contributed by atoms with van der Waals surface area (Å²) in [4.78, 5) is 30.5. The number of fused-ring (bicyclic) bond motifs is 1. The summed E-state index contributed by atoms with van der Waals surface area (Å²) in [6.45, 7) is 0.812. The number of nitriles is 1. The summed E-state index contributed by atoms with van der Waals surface area (Å²) in [5, 5.41) is 24.4. The summed E-state index contributed by atoms with van der Waals surface area (Å²) in [7, 11) is 4.02. The molecule has 3 N–H and O–H groups in total. The van der Waals surface area contributed by atoms with Crippen molar-refractivity contribution in [2.45, 2.75) is 19.4 Å². The van der Waals surface area contributed by atoms with Gasteiger partial charge in [-0.1, -0.05) is 18.2 Å². The van der Waals surface area contributed by atoms with Gasteiger partial charge in [-0.05, 0) is 56.1 Å². The lowest BCUT2D eigenvalue weighted by molar-refractivity contribution is -0.137. The second-order valence-corrected chi connectivity index (χ2v) is 8.57. The van der Waals surface area contributed by atoms with Crippen LogP contribution in [0.3, 0.4) is 0 Å². The molecule has 3 aromatic rings. The first-order valence-corrected chi connectivity index (χ1v) is 11.1. The molecule has 0 spiro atoms. The first-order chi connectivity index (χ1) is 16.8. The molecule has 8 heteroatoms. The Bertz CT molecular complexity index is 1340. The second kappa shape index (κ2) is 10.2. The fraction of sp³-hybridized carbons (Fsp3) is 0.185. The smallest absolute Gasteiger partial charge is 0.303 e. The van der Waals surface area contributed by atoms with Crippen LogP contribution in [0.4, 0.5) is 11.4 Å². The van der Waals surface area contributed by atoms with Crippen molar-refractivity contribution in [3.63, 3.8) is 0 Å². The number of nitrogens with one attached hydrogen (secondary N) is 2. The maximum Gasteiger partial charge on any atom is 0.303 e. The van der Waals surface area contributed by atoms with Gasteiger partial charge < -0.3 is 20.6 Å². The third-order valence-corrected chi connectivity index (χ3v) is 5.57. The van der Waals surface area contributed by atoms with Crippen LogP contribution >= 0.6 is 0 Å². The molecule has 0 saturated heterocycles. The highest BCUT2D eigenvalue weighted by atomic mass is 16.4. The standard InChI is InChI=1S/C27H25N5O3/c1-32(2)16-17-3-7-21(8-4-17)30-26(19-6-9-20(29-15-19)10-12-24(33)34)25-22-11-5-18(14-28)13-23(22)31-27(25)35/h3-9,11,13,15,30H,10,12,16H2,1-2H3,(H,31,35)(H,33,34). The molecule has 2 heterocycles. The van der Waals surface area contributed by atoms with E-state index in [4.69, 9.17) is 5.11 Å². The van der Waals surface area contributed by atoms with Crippen LogP contribution in [-0.2, 0) is 22.6 Å². The third kappa shape index (κ3) is 5.54. The minimum atomic E-state index is -0.881. The lowest BCUT2D eigenvalue weighted by Gasteiger charge is -2.16. The molecule has 4 rings (SSSR count).